The van der Waals surface area contributed by atoms with Crippen molar-refractivity contribution in [2.75, 3.05) is 13.7 Å². The molecular weight excluding hydrogens is 444 g/mol. The zero-order valence-electron chi connectivity index (χ0n) is 18.1. The quantitative estimate of drug-likeness (QED) is 0.456. The van der Waals surface area contributed by atoms with E-state index in [0.717, 1.165) is 6.07 Å². The van der Waals surface area contributed by atoms with Crippen LogP contribution >= 0.6 is 0 Å². The van der Waals surface area contributed by atoms with Gasteiger partial charge in [-0.3, -0.25) is 4.79 Å². The van der Waals surface area contributed by atoms with Crippen LogP contribution in [0.2, 0.25) is 0 Å². The Labute approximate surface area is 194 Å². The number of carbonyl (C=O) groups excluding carboxylic acids is 1. The number of carbonyl (C=O) groups is 1. The summed E-state index contributed by atoms with van der Waals surface area (Å²) < 4.78 is 23.2. The SMILES string of the molecule is COc1cc([C@@H]2Oc3cc([C@H]4CC(=O)c5c(O)cc(O)cc5O4)ccc3O[C@H]2CO)ccc1O. The Morgan fingerprint density at radius 2 is 1.68 bits per heavy atom. The maximum absolute atomic E-state index is 12.7. The monoisotopic (exact) mass is 466 g/mol. The number of fused-ring (bicyclic) bond motifs is 2. The van der Waals surface area contributed by atoms with Gasteiger partial charge in [0.2, 0.25) is 0 Å². The fourth-order valence-electron chi connectivity index (χ4n) is 4.25. The molecule has 2 aliphatic rings. The molecular formula is C25H22O9. The molecule has 3 atom stereocenters. The van der Waals surface area contributed by atoms with E-state index in [9.17, 15) is 25.2 Å². The highest BCUT2D eigenvalue weighted by atomic mass is 16.6. The van der Waals surface area contributed by atoms with Crippen molar-refractivity contribution in [3.05, 3.63) is 65.2 Å². The van der Waals surface area contributed by atoms with Crippen LogP contribution in [-0.4, -0.2) is 46.0 Å². The zero-order chi connectivity index (χ0) is 24.0. The number of hydrogen-bond acceptors (Lipinski definition) is 9. The maximum Gasteiger partial charge on any atom is 0.174 e. The first-order valence-electron chi connectivity index (χ1n) is 10.6. The van der Waals surface area contributed by atoms with E-state index in [1.807, 2.05) is 0 Å². The first-order valence-corrected chi connectivity index (χ1v) is 10.6. The normalized spacial score (nSPS) is 20.9. The molecule has 0 radical (unpaired) electrons. The minimum atomic E-state index is -0.696. The number of benzene rings is 3. The number of Topliss-reactive ketones (excluding diaryl/α,β-unsaturated/α-hetero) is 1. The van der Waals surface area contributed by atoms with Crippen LogP contribution in [0, 0.1) is 0 Å². The third kappa shape index (κ3) is 3.69. The van der Waals surface area contributed by atoms with Gasteiger partial charge in [-0.2, -0.15) is 0 Å². The summed E-state index contributed by atoms with van der Waals surface area (Å²) in [5.41, 5.74) is 1.31. The predicted octanol–water partition coefficient (Wildman–Crippen LogP) is 3.39. The molecule has 0 saturated carbocycles. The van der Waals surface area contributed by atoms with E-state index >= 15 is 0 Å². The molecule has 2 aliphatic heterocycles. The summed E-state index contributed by atoms with van der Waals surface area (Å²) in [6, 6.07) is 12.2. The van der Waals surface area contributed by atoms with E-state index in [2.05, 4.69) is 0 Å². The van der Waals surface area contributed by atoms with Crippen molar-refractivity contribution >= 4 is 5.78 Å². The predicted molar refractivity (Wildman–Crippen MR) is 118 cm³/mol. The largest absolute Gasteiger partial charge is 0.508 e. The third-order valence-corrected chi connectivity index (χ3v) is 5.91. The van der Waals surface area contributed by atoms with E-state index < -0.39 is 18.3 Å². The first-order chi connectivity index (χ1) is 16.4. The lowest BCUT2D eigenvalue weighted by Gasteiger charge is -2.34. The molecule has 0 aliphatic carbocycles. The molecule has 0 spiro atoms. The van der Waals surface area contributed by atoms with Crippen LogP contribution in [0.3, 0.4) is 0 Å². The minimum absolute atomic E-state index is 0.0111. The summed E-state index contributed by atoms with van der Waals surface area (Å²) in [4.78, 5) is 12.7. The third-order valence-electron chi connectivity index (χ3n) is 5.91. The Morgan fingerprint density at radius 1 is 0.882 bits per heavy atom. The summed E-state index contributed by atoms with van der Waals surface area (Å²) in [5.74, 6) is 0.287. The van der Waals surface area contributed by atoms with E-state index in [-0.39, 0.29) is 53.1 Å². The van der Waals surface area contributed by atoms with Crippen molar-refractivity contribution < 1.29 is 44.2 Å². The van der Waals surface area contributed by atoms with Crippen molar-refractivity contribution in [1.82, 2.24) is 0 Å². The van der Waals surface area contributed by atoms with Crippen molar-refractivity contribution in [2.24, 2.45) is 0 Å². The Kier molecular flexibility index (Phi) is 5.33. The van der Waals surface area contributed by atoms with Gasteiger partial charge in [0.15, 0.2) is 41.0 Å². The smallest absolute Gasteiger partial charge is 0.174 e. The molecule has 34 heavy (non-hydrogen) atoms. The Hall–Kier alpha value is -4.11. The van der Waals surface area contributed by atoms with Gasteiger partial charge in [0.25, 0.3) is 0 Å². The minimum Gasteiger partial charge on any atom is -0.508 e. The van der Waals surface area contributed by atoms with Crippen LogP contribution in [0.25, 0.3) is 0 Å². The molecule has 9 heteroatoms. The molecule has 0 fully saturated rings. The van der Waals surface area contributed by atoms with Crippen molar-refractivity contribution in [1.29, 1.82) is 0 Å². The molecule has 0 saturated heterocycles. The summed E-state index contributed by atoms with van der Waals surface area (Å²) in [5, 5.41) is 39.6. The van der Waals surface area contributed by atoms with Gasteiger partial charge in [0, 0.05) is 17.7 Å². The summed E-state index contributed by atoms with van der Waals surface area (Å²) >= 11 is 0. The zero-order valence-corrected chi connectivity index (χ0v) is 18.1. The van der Waals surface area contributed by atoms with E-state index in [0.29, 0.717) is 22.6 Å². The molecule has 176 valence electrons. The number of aliphatic hydroxyl groups is 1. The number of ether oxygens (including phenoxy) is 4. The lowest BCUT2D eigenvalue weighted by atomic mass is 9.95. The fraction of sp³-hybridized carbons (Fsp3) is 0.240. The second-order valence-electron chi connectivity index (χ2n) is 8.09. The topological polar surface area (TPSA) is 135 Å². The Balaban J connectivity index is 1.46. The molecule has 0 unspecified atom stereocenters. The number of hydrogen-bond donors (Lipinski definition) is 4. The maximum atomic E-state index is 12.7. The van der Waals surface area contributed by atoms with Crippen LogP contribution in [0.4, 0.5) is 0 Å². The average Bonchev–Trinajstić information content (AvgIpc) is 2.82. The van der Waals surface area contributed by atoms with Gasteiger partial charge in [-0.05, 0) is 29.8 Å². The van der Waals surface area contributed by atoms with Gasteiger partial charge < -0.3 is 39.4 Å². The number of aliphatic hydroxyl groups excluding tert-OH is 1. The number of phenols is 3. The van der Waals surface area contributed by atoms with Crippen LogP contribution < -0.4 is 18.9 Å². The lowest BCUT2D eigenvalue weighted by Crippen LogP contribution is -2.36. The standard InChI is InChI=1S/C25H22O9/c1-31-20-7-13(2-4-15(20)28)25-23(11-26)32-18-5-3-12(6-21(18)34-25)19-10-17(30)24-16(29)8-14(27)9-22(24)33-19/h2-9,19,23,25-29H,10-11H2,1H3/t19-,23+,25+/m1/s1. The second kappa shape index (κ2) is 8.35. The number of phenolic OH excluding ortho intramolecular Hbond substituents is 3. The van der Waals surface area contributed by atoms with Gasteiger partial charge in [-0.1, -0.05) is 12.1 Å². The van der Waals surface area contributed by atoms with Crippen molar-refractivity contribution in [3.8, 4) is 40.2 Å². The van der Waals surface area contributed by atoms with Crippen molar-refractivity contribution in [3.63, 3.8) is 0 Å². The molecule has 3 aromatic rings. The van der Waals surface area contributed by atoms with Crippen LogP contribution in [-0.2, 0) is 0 Å². The molecule has 2 heterocycles. The van der Waals surface area contributed by atoms with Crippen LogP contribution in [0.1, 0.15) is 40.1 Å². The Morgan fingerprint density at radius 3 is 2.44 bits per heavy atom. The van der Waals surface area contributed by atoms with Gasteiger partial charge in [0.1, 0.15) is 28.9 Å². The molecule has 5 rings (SSSR count). The Bertz CT molecular complexity index is 1270. The second-order valence-corrected chi connectivity index (χ2v) is 8.09. The number of rotatable bonds is 4. The summed E-state index contributed by atoms with van der Waals surface area (Å²) in [6.45, 7) is -0.306. The van der Waals surface area contributed by atoms with Crippen molar-refractivity contribution in [2.45, 2.75) is 24.7 Å². The van der Waals surface area contributed by atoms with E-state index in [1.165, 1.54) is 19.2 Å². The molecule has 9 nitrogen and oxygen atoms in total. The van der Waals surface area contributed by atoms with Gasteiger partial charge in [-0.25, -0.2) is 0 Å². The lowest BCUT2D eigenvalue weighted by molar-refractivity contribution is -0.0126. The number of ketones is 1. The van der Waals surface area contributed by atoms with Gasteiger partial charge >= 0.3 is 0 Å². The first kappa shape index (κ1) is 21.7. The highest BCUT2D eigenvalue weighted by Gasteiger charge is 2.35. The molecule has 0 amide bonds. The molecule has 0 bridgehead atoms. The summed E-state index contributed by atoms with van der Waals surface area (Å²) in [7, 11) is 1.44. The van der Waals surface area contributed by atoms with E-state index in [4.69, 9.17) is 18.9 Å². The fourth-order valence-corrected chi connectivity index (χ4v) is 4.25. The molecule has 4 N–H and O–H groups in total. The highest BCUT2D eigenvalue weighted by Crippen LogP contribution is 2.45. The highest BCUT2D eigenvalue weighted by molar-refractivity contribution is 6.02. The average molecular weight is 466 g/mol. The number of aromatic hydroxyl groups is 3. The molecule has 3 aromatic carbocycles. The van der Waals surface area contributed by atoms with Crippen LogP contribution in [0.5, 0.6) is 40.2 Å². The summed E-state index contributed by atoms with van der Waals surface area (Å²) in [6.07, 6.45) is -2.07. The molecule has 0 aromatic heterocycles. The van der Waals surface area contributed by atoms with Gasteiger partial charge in [0.05, 0.1) is 20.1 Å². The van der Waals surface area contributed by atoms with E-state index in [1.54, 1.807) is 30.3 Å². The van der Waals surface area contributed by atoms with Gasteiger partial charge in [-0.15, -0.1) is 0 Å². The van der Waals surface area contributed by atoms with Crippen LogP contribution in [0.15, 0.2) is 48.5 Å². The number of methoxy groups -OCH3 is 1.